The van der Waals surface area contributed by atoms with Crippen LogP contribution in [0.5, 0.6) is 0 Å². The maximum absolute atomic E-state index is 5.32. The normalized spacial score (nSPS) is 12.4. The zero-order valence-corrected chi connectivity index (χ0v) is 11.0. The summed E-state index contributed by atoms with van der Waals surface area (Å²) in [5.74, 6) is 0. The fourth-order valence-corrected chi connectivity index (χ4v) is 2.28. The number of ether oxygens (including phenoxy) is 1. The van der Waals surface area contributed by atoms with Crippen LogP contribution in [0.4, 0.5) is 5.69 Å². The lowest BCUT2D eigenvalue weighted by Gasteiger charge is -2.12. The van der Waals surface area contributed by atoms with Crippen LogP contribution in [0.15, 0.2) is 41.8 Å². The number of anilines is 1. The molecule has 1 aromatic carbocycles. The molecule has 0 unspecified atom stereocenters. The Balaban J connectivity index is 2.01. The molecule has 0 saturated heterocycles. The molecule has 1 aromatic heterocycles. The van der Waals surface area contributed by atoms with Gasteiger partial charge >= 0.3 is 0 Å². The Bertz CT molecular complexity index is 453. The average Bonchev–Trinajstić information content (AvgIpc) is 2.89. The van der Waals surface area contributed by atoms with Crippen molar-refractivity contribution in [2.24, 2.45) is 0 Å². The second-order valence-electron chi connectivity index (χ2n) is 3.94. The van der Waals surface area contributed by atoms with Gasteiger partial charge in [0.1, 0.15) is 0 Å². The van der Waals surface area contributed by atoms with Crippen molar-refractivity contribution in [3.8, 4) is 0 Å². The van der Waals surface area contributed by atoms with Crippen LogP contribution in [-0.2, 0) is 11.3 Å². The van der Waals surface area contributed by atoms with Crippen molar-refractivity contribution in [2.45, 2.75) is 19.6 Å². The Hall–Kier alpha value is -1.32. The summed E-state index contributed by atoms with van der Waals surface area (Å²) in [6.45, 7) is 2.93. The van der Waals surface area contributed by atoms with Crippen LogP contribution in [-0.4, -0.2) is 7.11 Å². The molecule has 0 spiro atoms. The van der Waals surface area contributed by atoms with E-state index in [1.807, 2.05) is 0 Å². The van der Waals surface area contributed by atoms with E-state index < -0.39 is 0 Å². The van der Waals surface area contributed by atoms with Crippen molar-refractivity contribution in [2.75, 3.05) is 12.4 Å². The Kier molecular flexibility index (Phi) is 4.18. The highest BCUT2D eigenvalue weighted by Crippen LogP contribution is 2.20. The highest BCUT2D eigenvalue weighted by atomic mass is 32.1. The van der Waals surface area contributed by atoms with Gasteiger partial charge in [-0.15, -0.1) is 11.3 Å². The fourth-order valence-electron chi connectivity index (χ4n) is 1.64. The van der Waals surface area contributed by atoms with E-state index in [4.69, 9.17) is 4.74 Å². The highest BCUT2D eigenvalue weighted by Gasteiger charge is 2.03. The molecule has 0 radical (unpaired) electrons. The van der Waals surface area contributed by atoms with Crippen molar-refractivity contribution in [1.29, 1.82) is 0 Å². The van der Waals surface area contributed by atoms with E-state index in [1.165, 1.54) is 10.4 Å². The van der Waals surface area contributed by atoms with E-state index in [9.17, 15) is 0 Å². The van der Waals surface area contributed by atoms with E-state index in [0.717, 1.165) is 12.2 Å². The van der Waals surface area contributed by atoms with Gasteiger partial charge in [0.25, 0.3) is 0 Å². The number of hydrogen-bond donors (Lipinski definition) is 1. The molecular weight excluding hydrogens is 230 g/mol. The van der Waals surface area contributed by atoms with Crippen LogP contribution in [0.25, 0.3) is 0 Å². The molecule has 17 heavy (non-hydrogen) atoms. The molecule has 0 aliphatic rings. The molecule has 0 bridgehead atoms. The largest absolute Gasteiger partial charge is 0.380 e. The van der Waals surface area contributed by atoms with E-state index >= 15 is 0 Å². The van der Waals surface area contributed by atoms with Gasteiger partial charge < -0.3 is 10.1 Å². The standard InChI is InChI=1S/C14H17NOS/c1-11(16-2)12-5-3-6-13(9-12)15-10-14-7-4-8-17-14/h3-9,11,15H,10H2,1-2H3/t11-/m1/s1. The molecule has 0 aliphatic carbocycles. The summed E-state index contributed by atoms with van der Waals surface area (Å²) in [6.07, 6.45) is 0.137. The van der Waals surface area contributed by atoms with Crippen LogP contribution in [0.3, 0.4) is 0 Å². The molecular formula is C14H17NOS. The van der Waals surface area contributed by atoms with Crippen molar-refractivity contribution >= 4 is 17.0 Å². The van der Waals surface area contributed by atoms with Gasteiger partial charge in [0.05, 0.1) is 6.10 Å². The molecule has 90 valence electrons. The van der Waals surface area contributed by atoms with Gasteiger partial charge in [0, 0.05) is 24.2 Å². The molecule has 0 aliphatic heterocycles. The summed E-state index contributed by atoms with van der Waals surface area (Å²) in [4.78, 5) is 1.34. The SMILES string of the molecule is CO[C@H](C)c1cccc(NCc2cccs2)c1. The molecule has 3 heteroatoms. The summed E-state index contributed by atoms with van der Waals surface area (Å²) >= 11 is 1.77. The van der Waals surface area contributed by atoms with E-state index in [-0.39, 0.29) is 6.10 Å². The lowest BCUT2D eigenvalue weighted by molar-refractivity contribution is 0.119. The van der Waals surface area contributed by atoms with Crippen LogP contribution >= 0.6 is 11.3 Å². The highest BCUT2D eigenvalue weighted by molar-refractivity contribution is 7.09. The minimum absolute atomic E-state index is 0.137. The molecule has 2 rings (SSSR count). The average molecular weight is 247 g/mol. The minimum atomic E-state index is 0.137. The number of methoxy groups -OCH3 is 1. The van der Waals surface area contributed by atoms with E-state index in [0.29, 0.717) is 0 Å². The molecule has 2 aromatic rings. The topological polar surface area (TPSA) is 21.3 Å². The zero-order chi connectivity index (χ0) is 12.1. The van der Waals surface area contributed by atoms with Crippen LogP contribution < -0.4 is 5.32 Å². The number of nitrogens with one attached hydrogen (secondary N) is 1. The first-order valence-corrected chi connectivity index (χ1v) is 6.56. The van der Waals surface area contributed by atoms with Crippen molar-refractivity contribution in [3.05, 3.63) is 52.2 Å². The van der Waals surface area contributed by atoms with Gasteiger partial charge in [0.15, 0.2) is 0 Å². The molecule has 2 nitrogen and oxygen atoms in total. The third-order valence-corrected chi connectivity index (χ3v) is 3.63. The first-order chi connectivity index (χ1) is 8.29. The number of thiophene rings is 1. The quantitative estimate of drug-likeness (QED) is 0.860. The second-order valence-corrected chi connectivity index (χ2v) is 4.97. The lowest BCUT2D eigenvalue weighted by Crippen LogP contribution is -2.00. The van der Waals surface area contributed by atoms with Crippen LogP contribution in [0.1, 0.15) is 23.5 Å². The summed E-state index contributed by atoms with van der Waals surface area (Å²) < 4.78 is 5.32. The Morgan fingerprint density at radius 3 is 2.88 bits per heavy atom. The molecule has 1 atom stereocenters. The summed E-state index contributed by atoms with van der Waals surface area (Å²) in [7, 11) is 1.73. The number of rotatable bonds is 5. The van der Waals surface area contributed by atoms with Gasteiger partial charge in [-0.05, 0) is 36.1 Å². The Morgan fingerprint density at radius 2 is 2.18 bits per heavy atom. The van der Waals surface area contributed by atoms with Gasteiger partial charge in [0.2, 0.25) is 0 Å². The van der Waals surface area contributed by atoms with Crippen molar-refractivity contribution in [1.82, 2.24) is 0 Å². The molecule has 0 amide bonds. The minimum Gasteiger partial charge on any atom is -0.380 e. The van der Waals surface area contributed by atoms with Crippen LogP contribution in [0, 0.1) is 0 Å². The Labute approximate surface area is 106 Å². The summed E-state index contributed by atoms with van der Waals surface area (Å²) in [6, 6.07) is 12.6. The number of hydrogen-bond acceptors (Lipinski definition) is 3. The first kappa shape index (κ1) is 12.1. The zero-order valence-electron chi connectivity index (χ0n) is 10.1. The Morgan fingerprint density at radius 1 is 1.29 bits per heavy atom. The monoisotopic (exact) mass is 247 g/mol. The maximum atomic E-state index is 5.32. The molecule has 1 N–H and O–H groups in total. The third kappa shape index (κ3) is 3.32. The van der Waals surface area contributed by atoms with Gasteiger partial charge in [-0.3, -0.25) is 0 Å². The van der Waals surface area contributed by atoms with Crippen molar-refractivity contribution in [3.63, 3.8) is 0 Å². The van der Waals surface area contributed by atoms with Crippen LogP contribution in [0.2, 0.25) is 0 Å². The second kappa shape index (κ2) is 5.84. The molecule has 0 fully saturated rings. The molecule has 0 saturated carbocycles. The van der Waals surface area contributed by atoms with Gasteiger partial charge in [-0.1, -0.05) is 18.2 Å². The molecule has 1 heterocycles. The van der Waals surface area contributed by atoms with E-state index in [1.54, 1.807) is 18.4 Å². The predicted octanol–water partition coefficient (Wildman–Crippen LogP) is 4.07. The lowest BCUT2D eigenvalue weighted by atomic mass is 10.1. The fraction of sp³-hybridized carbons (Fsp3) is 0.286. The first-order valence-electron chi connectivity index (χ1n) is 5.68. The van der Waals surface area contributed by atoms with Gasteiger partial charge in [-0.25, -0.2) is 0 Å². The summed E-state index contributed by atoms with van der Waals surface area (Å²) in [5, 5.41) is 5.52. The maximum Gasteiger partial charge on any atom is 0.0793 e. The van der Waals surface area contributed by atoms with Gasteiger partial charge in [-0.2, -0.15) is 0 Å². The van der Waals surface area contributed by atoms with E-state index in [2.05, 4.69) is 54.0 Å². The summed E-state index contributed by atoms with van der Waals surface area (Å²) in [5.41, 5.74) is 2.34. The third-order valence-electron chi connectivity index (χ3n) is 2.76. The van der Waals surface area contributed by atoms with Crippen molar-refractivity contribution < 1.29 is 4.74 Å². The smallest absolute Gasteiger partial charge is 0.0793 e. The number of benzene rings is 1. The predicted molar refractivity (Wildman–Crippen MR) is 73.5 cm³/mol.